The van der Waals surface area contributed by atoms with Crippen LogP contribution in [0.25, 0.3) is 11.5 Å². The molecule has 0 aliphatic rings. The minimum atomic E-state index is -3.87. The maximum Gasteiger partial charge on any atom is 0.236 e. The molecule has 0 amide bonds. The minimum Gasteiger partial charge on any atom is -0.419 e. The van der Waals surface area contributed by atoms with Crippen molar-refractivity contribution in [3.63, 3.8) is 0 Å². The Balaban J connectivity index is 1.84. The molecule has 0 aliphatic heterocycles. The van der Waals surface area contributed by atoms with Crippen LogP contribution in [-0.4, -0.2) is 20.4 Å². The number of nitrogens with zero attached hydrogens (tertiary/aromatic N) is 2. The van der Waals surface area contributed by atoms with Gasteiger partial charge in [-0.2, -0.15) is 4.98 Å². The summed E-state index contributed by atoms with van der Waals surface area (Å²) < 4.78 is 33.1. The average Bonchev–Trinajstić information content (AvgIpc) is 3.21. The first-order valence-corrected chi connectivity index (χ1v) is 11.5. The fourth-order valence-electron chi connectivity index (χ4n) is 3.40. The summed E-state index contributed by atoms with van der Waals surface area (Å²) in [5.74, 6) is 0.515. The second-order valence-corrected chi connectivity index (χ2v) is 9.47. The molecule has 0 bridgehead atoms. The van der Waals surface area contributed by atoms with E-state index in [0.717, 1.165) is 22.3 Å². The lowest BCUT2D eigenvalue weighted by molar-refractivity contribution is 0.553. The van der Waals surface area contributed by atoms with Crippen LogP contribution in [0.1, 0.15) is 16.7 Å². The molecule has 3 aromatic carbocycles. The Morgan fingerprint density at radius 1 is 0.871 bits per heavy atom. The number of anilines is 1. The van der Waals surface area contributed by atoms with Crippen molar-refractivity contribution in [2.75, 3.05) is 11.9 Å². The highest BCUT2D eigenvalue weighted by Gasteiger charge is 2.30. The van der Waals surface area contributed by atoms with E-state index >= 15 is 0 Å². The number of rotatable bonds is 6. The first-order valence-electron chi connectivity index (χ1n) is 10.00. The van der Waals surface area contributed by atoms with Gasteiger partial charge in [0.2, 0.25) is 26.6 Å². The Hall–Kier alpha value is -3.38. The highest BCUT2D eigenvalue weighted by Crippen LogP contribution is 2.35. The van der Waals surface area contributed by atoms with E-state index < -0.39 is 9.84 Å². The Kier molecular flexibility index (Phi) is 5.65. The molecule has 0 N–H and O–H groups in total. The number of benzene rings is 3. The molecule has 0 saturated carbocycles. The van der Waals surface area contributed by atoms with Gasteiger partial charge < -0.3 is 9.32 Å². The maximum absolute atomic E-state index is 13.5. The molecule has 0 spiro atoms. The maximum atomic E-state index is 13.5. The van der Waals surface area contributed by atoms with Crippen LogP contribution in [0.15, 0.2) is 93.2 Å². The zero-order chi connectivity index (χ0) is 22.0. The number of sulfone groups is 1. The highest BCUT2D eigenvalue weighted by atomic mass is 32.2. The van der Waals surface area contributed by atoms with E-state index in [0.29, 0.717) is 12.4 Å². The van der Waals surface area contributed by atoms with Gasteiger partial charge in [-0.1, -0.05) is 66.2 Å². The minimum absolute atomic E-state index is 0.0759. The first kappa shape index (κ1) is 20.9. The standard InChI is InChI=1S/C25H24N2O3S/c1-18-13-15-21(16-14-18)31(28,29)24-25(27(3)17-20-10-5-4-6-11-20)30-23(26-24)22-12-8-7-9-19(22)2/h4-16H,17H2,1-3H3. The molecule has 5 nitrogen and oxygen atoms in total. The fraction of sp³-hybridized carbons (Fsp3) is 0.160. The van der Waals surface area contributed by atoms with Crippen LogP contribution < -0.4 is 4.90 Å². The monoisotopic (exact) mass is 432 g/mol. The summed E-state index contributed by atoms with van der Waals surface area (Å²) in [6.07, 6.45) is 0. The highest BCUT2D eigenvalue weighted by molar-refractivity contribution is 7.91. The molecule has 0 atom stereocenters. The van der Waals surface area contributed by atoms with Crippen LogP contribution >= 0.6 is 0 Å². The Labute approximate surface area is 182 Å². The SMILES string of the molecule is Cc1ccc(S(=O)(=O)c2nc(-c3ccccc3C)oc2N(C)Cc2ccccc2)cc1. The summed E-state index contributed by atoms with van der Waals surface area (Å²) in [5.41, 5.74) is 3.75. The molecule has 0 fully saturated rings. The van der Waals surface area contributed by atoms with Gasteiger partial charge >= 0.3 is 0 Å². The van der Waals surface area contributed by atoms with Crippen LogP contribution in [0.3, 0.4) is 0 Å². The topological polar surface area (TPSA) is 63.4 Å². The number of hydrogen-bond donors (Lipinski definition) is 0. The van der Waals surface area contributed by atoms with E-state index in [9.17, 15) is 8.42 Å². The Morgan fingerprint density at radius 2 is 1.52 bits per heavy atom. The lowest BCUT2D eigenvalue weighted by Gasteiger charge is -2.17. The van der Waals surface area contributed by atoms with E-state index in [1.807, 2.05) is 75.5 Å². The van der Waals surface area contributed by atoms with E-state index in [1.165, 1.54) is 0 Å². The number of oxazole rings is 1. The first-order chi connectivity index (χ1) is 14.9. The molecule has 1 aromatic heterocycles. The second-order valence-electron chi connectivity index (χ2n) is 7.60. The van der Waals surface area contributed by atoms with E-state index in [2.05, 4.69) is 4.98 Å². The Bertz CT molecular complexity index is 1290. The summed E-state index contributed by atoms with van der Waals surface area (Å²) in [6.45, 7) is 4.35. The summed E-state index contributed by atoms with van der Waals surface area (Å²) in [6, 6.07) is 24.2. The van der Waals surface area contributed by atoms with Gasteiger partial charge in [0.05, 0.1) is 4.90 Å². The van der Waals surface area contributed by atoms with Crippen molar-refractivity contribution < 1.29 is 12.8 Å². The number of aryl methyl sites for hydroxylation is 2. The molecule has 4 aromatic rings. The smallest absolute Gasteiger partial charge is 0.236 e. The lowest BCUT2D eigenvalue weighted by atomic mass is 10.1. The van der Waals surface area contributed by atoms with Crippen LogP contribution in [0.4, 0.5) is 5.88 Å². The summed E-state index contributed by atoms with van der Waals surface area (Å²) in [7, 11) is -2.06. The average molecular weight is 433 g/mol. The van der Waals surface area contributed by atoms with Gasteiger partial charge in [0.1, 0.15) is 0 Å². The van der Waals surface area contributed by atoms with E-state index in [1.54, 1.807) is 29.2 Å². The summed E-state index contributed by atoms with van der Waals surface area (Å²) in [5, 5.41) is -0.0759. The summed E-state index contributed by atoms with van der Waals surface area (Å²) in [4.78, 5) is 6.45. The van der Waals surface area contributed by atoms with Crippen molar-refractivity contribution in [2.45, 2.75) is 30.3 Å². The predicted molar refractivity (Wildman–Crippen MR) is 122 cm³/mol. The summed E-state index contributed by atoms with van der Waals surface area (Å²) >= 11 is 0. The molecule has 158 valence electrons. The van der Waals surface area contributed by atoms with Gasteiger partial charge in [0.15, 0.2) is 0 Å². The predicted octanol–water partition coefficient (Wildman–Crippen LogP) is 5.43. The van der Waals surface area contributed by atoms with Crippen molar-refractivity contribution in [2.24, 2.45) is 0 Å². The van der Waals surface area contributed by atoms with Crippen LogP contribution in [-0.2, 0) is 16.4 Å². The van der Waals surface area contributed by atoms with Gasteiger partial charge in [-0.15, -0.1) is 0 Å². The van der Waals surface area contributed by atoms with E-state index in [-0.39, 0.29) is 15.8 Å². The van der Waals surface area contributed by atoms with Crippen LogP contribution in [0.5, 0.6) is 0 Å². The zero-order valence-corrected chi connectivity index (χ0v) is 18.6. The molecule has 0 radical (unpaired) electrons. The third kappa shape index (κ3) is 4.25. The quantitative estimate of drug-likeness (QED) is 0.407. The molecule has 0 saturated heterocycles. The van der Waals surface area contributed by atoms with Gasteiger partial charge in [-0.05, 0) is 43.2 Å². The van der Waals surface area contributed by atoms with Crippen molar-refractivity contribution >= 4 is 15.7 Å². The molecule has 0 unspecified atom stereocenters. The number of hydrogen-bond acceptors (Lipinski definition) is 5. The van der Waals surface area contributed by atoms with Gasteiger partial charge in [-0.25, -0.2) is 8.42 Å². The molecule has 31 heavy (non-hydrogen) atoms. The van der Waals surface area contributed by atoms with Gasteiger partial charge in [0, 0.05) is 19.2 Å². The zero-order valence-electron chi connectivity index (χ0n) is 17.7. The largest absolute Gasteiger partial charge is 0.419 e. The van der Waals surface area contributed by atoms with Gasteiger partial charge in [-0.3, -0.25) is 0 Å². The van der Waals surface area contributed by atoms with Crippen molar-refractivity contribution in [3.05, 3.63) is 95.6 Å². The van der Waals surface area contributed by atoms with Crippen molar-refractivity contribution in [1.82, 2.24) is 4.98 Å². The third-order valence-electron chi connectivity index (χ3n) is 5.15. The molecular formula is C25H24N2O3S. The lowest BCUT2D eigenvalue weighted by Crippen LogP contribution is -2.18. The van der Waals surface area contributed by atoms with Crippen molar-refractivity contribution in [1.29, 1.82) is 0 Å². The fourth-order valence-corrected chi connectivity index (χ4v) is 4.75. The molecule has 4 rings (SSSR count). The molecular weight excluding hydrogens is 408 g/mol. The molecule has 1 heterocycles. The molecule has 0 aliphatic carbocycles. The van der Waals surface area contributed by atoms with Crippen LogP contribution in [0.2, 0.25) is 0 Å². The normalized spacial score (nSPS) is 11.5. The van der Waals surface area contributed by atoms with E-state index in [4.69, 9.17) is 4.42 Å². The molecule has 6 heteroatoms. The third-order valence-corrected chi connectivity index (χ3v) is 6.82. The van der Waals surface area contributed by atoms with Crippen LogP contribution in [0, 0.1) is 13.8 Å². The second kappa shape index (κ2) is 8.40. The Morgan fingerprint density at radius 3 is 2.19 bits per heavy atom. The van der Waals surface area contributed by atoms with Gasteiger partial charge in [0.25, 0.3) is 0 Å². The van der Waals surface area contributed by atoms with Crippen molar-refractivity contribution in [3.8, 4) is 11.5 Å². The number of aromatic nitrogens is 1.